The van der Waals surface area contributed by atoms with Crippen molar-refractivity contribution in [2.24, 2.45) is 0 Å². The zero-order chi connectivity index (χ0) is 12.1. The van der Waals surface area contributed by atoms with Gasteiger partial charge in [-0.1, -0.05) is 11.6 Å². The summed E-state index contributed by atoms with van der Waals surface area (Å²) in [5, 5.41) is 3.07. The molecule has 0 bridgehead atoms. The molecule has 1 amide bonds. The number of allylic oxidation sites excluding steroid dienone is 1. The third-order valence-electron chi connectivity index (χ3n) is 2.91. The largest absolute Gasteiger partial charge is 0.440 e. The smallest absolute Gasteiger partial charge is 0.287 e. The average molecular weight is 254 g/mol. The summed E-state index contributed by atoms with van der Waals surface area (Å²) in [4.78, 5) is 11.6. The second-order valence-electron chi connectivity index (χ2n) is 4.22. The van der Waals surface area contributed by atoms with Crippen LogP contribution in [0.25, 0.3) is 0 Å². The third-order valence-corrected chi connectivity index (χ3v) is 3.12. The zero-order valence-corrected chi connectivity index (χ0v) is 10.4. The van der Waals surface area contributed by atoms with E-state index in [0.717, 1.165) is 6.42 Å². The fourth-order valence-electron chi connectivity index (χ4n) is 1.99. The molecule has 0 atom stereocenters. The van der Waals surface area contributed by atoms with Crippen LogP contribution in [0.15, 0.2) is 28.2 Å². The first kappa shape index (κ1) is 12.2. The molecule has 1 N–H and O–H groups in total. The van der Waals surface area contributed by atoms with Gasteiger partial charge in [-0.2, -0.15) is 0 Å². The Morgan fingerprint density at radius 2 is 2.29 bits per heavy atom. The van der Waals surface area contributed by atoms with E-state index in [1.54, 1.807) is 12.1 Å². The number of furan rings is 1. The Kier molecular flexibility index (Phi) is 4.26. The Hall–Kier alpha value is -1.22. The van der Waals surface area contributed by atoms with Crippen LogP contribution in [0.2, 0.25) is 5.22 Å². The van der Waals surface area contributed by atoms with Crippen molar-refractivity contribution in [1.82, 2.24) is 5.32 Å². The highest BCUT2D eigenvalue weighted by Gasteiger charge is 2.10. The van der Waals surface area contributed by atoms with Gasteiger partial charge in [0.15, 0.2) is 11.0 Å². The van der Waals surface area contributed by atoms with E-state index in [2.05, 4.69) is 11.4 Å². The van der Waals surface area contributed by atoms with Gasteiger partial charge in [0, 0.05) is 6.54 Å². The van der Waals surface area contributed by atoms with E-state index >= 15 is 0 Å². The van der Waals surface area contributed by atoms with Crippen molar-refractivity contribution in [3.63, 3.8) is 0 Å². The maximum atomic E-state index is 11.6. The minimum absolute atomic E-state index is 0.201. The fourth-order valence-corrected chi connectivity index (χ4v) is 2.14. The topological polar surface area (TPSA) is 42.2 Å². The van der Waals surface area contributed by atoms with Crippen LogP contribution in [0.5, 0.6) is 0 Å². The molecule has 0 unspecified atom stereocenters. The first-order valence-electron chi connectivity index (χ1n) is 5.97. The summed E-state index contributed by atoms with van der Waals surface area (Å²) in [6.45, 7) is 0.656. The number of nitrogens with one attached hydrogen (secondary N) is 1. The SMILES string of the molecule is O=C(NCCC1=CCCCC1)c1ccc(Cl)o1. The van der Waals surface area contributed by atoms with Gasteiger partial charge < -0.3 is 9.73 Å². The molecular weight excluding hydrogens is 238 g/mol. The van der Waals surface area contributed by atoms with Crippen molar-refractivity contribution in [2.75, 3.05) is 6.54 Å². The quantitative estimate of drug-likeness (QED) is 0.834. The van der Waals surface area contributed by atoms with Gasteiger partial charge in [-0.25, -0.2) is 0 Å². The van der Waals surface area contributed by atoms with Crippen LogP contribution in [-0.2, 0) is 0 Å². The van der Waals surface area contributed by atoms with Crippen molar-refractivity contribution in [3.8, 4) is 0 Å². The van der Waals surface area contributed by atoms with E-state index in [0.29, 0.717) is 6.54 Å². The van der Waals surface area contributed by atoms with Crippen molar-refractivity contribution < 1.29 is 9.21 Å². The van der Waals surface area contributed by atoms with Crippen molar-refractivity contribution in [2.45, 2.75) is 32.1 Å². The molecule has 2 rings (SSSR count). The van der Waals surface area contributed by atoms with Crippen molar-refractivity contribution in [1.29, 1.82) is 0 Å². The van der Waals surface area contributed by atoms with Crippen LogP contribution in [0, 0.1) is 0 Å². The summed E-state index contributed by atoms with van der Waals surface area (Å²) in [6, 6.07) is 3.15. The maximum Gasteiger partial charge on any atom is 0.287 e. The van der Waals surface area contributed by atoms with Gasteiger partial charge in [0.25, 0.3) is 5.91 Å². The lowest BCUT2D eigenvalue weighted by molar-refractivity contribution is 0.0926. The minimum Gasteiger partial charge on any atom is -0.440 e. The molecule has 0 aromatic carbocycles. The van der Waals surface area contributed by atoms with Crippen molar-refractivity contribution >= 4 is 17.5 Å². The number of hydrogen-bond acceptors (Lipinski definition) is 2. The molecule has 1 aromatic rings. The summed E-state index contributed by atoms with van der Waals surface area (Å²) in [5.74, 6) is 0.0703. The Balaban J connectivity index is 1.75. The number of carbonyl (C=O) groups is 1. The Morgan fingerprint density at radius 1 is 1.41 bits per heavy atom. The molecule has 0 radical (unpaired) electrons. The number of rotatable bonds is 4. The van der Waals surface area contributed by atoms with E-state index in [-0.39, 0.29) is 16.9 Å². The summed E-state index contributed by atoms with van der Waals surface area (Å²) < 4.78 is 5.03. The van der Waals surface area contributed by atoms with Crippen molar-refractivity contribution in [3.05, 3.63) is 34.8 Å². The summed E-state index contributed by atoms with van der Waals surface area (Å²) in [5.41, 5.74) is 1.45. The lowest BCUT2D eigenvalue weighted by Crippen LogP contribution is -2.24. The minimum atomic E-state index is -0.201. The number of carbonyl (C=O) groups excluding carboxylic acids is 1. The summed E-state index contributed by atoms with van der Waals surface area (Å²) >= 11 is 5.60. The van der Waals surface area contributed by atoms with Gasteiger partial charge in [-0.15, -0.1) is 0 Å². The molecule has 0 fully saturated rings. The molecule has 4 heteroatoms. The highest BCUT2D eigenvalue weighted by atomic mass is 35.5. The van der Waals surface area contributed by atoms with Gasteiger partial charge in [-0.05, 0) is 55.8 Å². The number of hydrogen-bond donors (Lipinski definition) is 1. The van der Waals surface area contributed by atoms with Gasteiger partial charge in [0.1, 0.15) is 0 Å². The van der Waals surface area contributed by atoms with E-state index < -0.39 is 0 Å². The molecular formula is C13H16ClNO2. The molecule has 0 aliphatic heterocycles. The van der Waals surface area contributed by atoms with E-state index in [1.165, 1.54) is 31.3 Å². The highest BCUT2D eigenvalue weighted by Crippen LogP contribution is 2.19. The molecule has 92 valence electrons. The van der Waals surface area contributed by atoms with Crippen LogP contribution in [0.1, 0.15) is 42.7 Å². The first-order valence-corrected chi connectivity index (χ1v) is 6.35. The molecule has 1 heterocycles. The Labute approximate surface area is 106 Å². The third kappa shape index (κ3) is 3.63. The standard InChI is InChI=1S/C13H16ClNO2/c14-12-7-6-11(17-12)13(16)15-9-8-10-4-2-1-3-5-10/h4,6-7H,1-3,5,8-9H2,(H,15,16). The average Bonchev–Trinajstić information content (AvgIpc) is 2.77. The van der Waals surface area contributed by atoms with E-state index in [4.69, 9.17) is 16.0 Å². The predicted molar refractivity (Wildman–Crippen MR) is 67.2 cm³/mol. The van der Waals surface area contributed by atoms with Gasteiger partial charge in [0.05, 0.1) is 0 Å². The second kappa shape index (κ2) is 5.92. The van der Waals surface area contributed by atoms with Crippen LogP contribution in [0.3, 0.4) is 0 Å². The molecule has 3 nitrogen and oxygen atoms in total. The van der Waals surface area contributed by atoms with Gasteiger partial charge in [0.2, 0.25) is 0 Å². The van der Waals surface area contributed by atoms with Crippen LogP contribution in [-0.4, -0.2) is 12.5 Å². The summed E-state index contributed by atoms with van der Waals surface area (Å²) in [7, 11) is 0. The van der Waals surface area contributed by atoms with Gasteiger partial charge >= 0.3 is 0 Å². The molecule has 0 spiro atoms. The van der Waals surface area contributed by atoms with Crippen LogP contribution in [0.4, 0.5) is 0 Å². The first-order chi connectivity index (χ1) is 8.25. The van der Waals surface area contributed by atoms with Crippen LogP contribution >= 0.6 is 11.6 Å². The van der Waals surface area contributed by atoms with E-state index in [1.807, 2.05) is 0 Å². The molecule has 1 aliphatic rings. The molecule has 1 aliphatic carbocycles. The zero-order valence-electron chi connectivity index (χ0n) is 9.67. The highest BCUT2D eigenvalue weighted by molar-refractivity contribution is 6.29. The lowest BCUT2D eigenvalue weighted by atomic mass is 9.97. The molecule has 17 heavy (non-hydrogen) atoms. The fraction of sp³-hybridized carbons (Fsp3) is 0.462. The normalized spacial score (nSPS) is 15.5. The lowest BCUT2D eigenvalue weighted by Gasteiger charge is -2.12. The Morgan fingerprint density at radius 3 is 2.94 bits per heavy atom. The maximum absolute atomic E-state index is 11.6. The second-order valence-corrected chi connectivity index (χ2v) is 4.59. The summed E-state index contributed by atoms with van der Waals surface area (Å²) in [6.07, 6.45) is 8.13. The Bertz CT molecular complexity index is 423. The molecule has 1 aromatic heterocycles. The monoisotopic (exact) mass is 253 g/mol. The van der Waals surface area contributed by atoms with Gasteiger partial charge in [-0.3, -0.25) is 4.79 Å². The molecule has 0 saturated carbocycles. The van der Waals surface area contributed by atoms with Crippen LogP contribution < -0.4 is 5.32 Å². The number of halogens is 1. The molecule has 0 saturated heterocycles. The number of amides is 1. The van der Waals surface area contributed by atoms with E-state index in [9.17, 15) is 4.79 Å². The predicted octanol–water partition coefficient (Wildman–Crippen LogP) is 3.55.